The van der Waals surface area contributed by atoms with Crippen molar-refractivity contribution in [1.29, 1.82) is 0 Å². The summed E-state index contributed by atoms with van der Waals surface area (Å²) in [6.45, 7) is 7.31. The maximum absolute atomic E-state index is 12.5. The van der Waals surface area contributed by atoms with Gasteiger partial charge in [0.2, 0.25) is 16.0 Å². The summed E-state index contributed by atoms with van der Waals surface area (Å²) >= 11 is 0. The zero-order chi connectivity index (χ0) is 22.1. The number of ether oxygens (including phenoxy) is 1. The molecule has 1 fully saturated rings. The van der Waals surface area contributed by atoms with Gasteiger partial charge in [0.1, 0.15) is 11.6 Å². The predicted octanol–water partition coefficient (Wildman–Crippen LogP) is 3.34. The normalized spacial score (nSPS) is 14.5. The largest absolute Gasteiger partial charge is 0.494 e. The summed E-state index contributed by atoms with van der Waals surface area (Å²) in [6, 6.07) is 8.49. The highest BCUT2D eigenvalue weighted by Gasteiger charge is 2.15. The maximum Gasteiger partial charge on any atom is 0.240 e. The van der Waals surface area contributed by atoms with Crippen LogP contribution in [0.1, 0.15) is 44.7 Å². The van der Waals surface area contributed by atoms with Gasteiger partial charge >= 0.3 is 0 Å². The van der Waals surface area contributed by atoms with E-state index in [1.807, 2.05) is 13.0 Å². The Morgan fingerprint density at radius 2 is 1.81 bits per heavy atom. The minimum absolute atomic E-state index is 0.217. The van der Waals surface area contributed by atoms with Gasteiger partial charge in [-0.2, -0.15) is 4.98 Å². The molecule has 8 nitrogen and oxygen atoms in total. The van der Waals surface area contributed by atoms with Gasteiger partial charge in [-0.3, -0.25) is 0 Å². The quantitative estimate of drug-likeness (QED) is 0.510. The van der Waals surface area contributed by atoms with E-state index in [0.29, 0.717) is 24.8 Å². The van der Waals surface area contributed by atoms with E-state index in [-0.39, 0.29) is 11.4 Å². The molecule has 0 bridgehead atoms. The van der Waals surface area contributed by atoms with Crippen LogP contribution in [0.4, 0.5) is 11.8 Å². The van der Waals surface area contributed by atoms with Crippen LogP contribution in [0.25, 0.3) is 0 Å². The second-order valence-electron chi connectivity index (χ2n) is 7.74. The number of hydrogen-bond donors (Lipinski definition) is 2. The first-order valence-electron chi connectivity index (χ1n) is 11.0. The summed E-state index contributed by atoms with van der Waals surface area (Å²) in [4.78, 5) is 11.5. The fourth-order valence-electron chi connectivity index (χ4n) is 3.41. The van der Waals surface area contributed by atoms with Crippen LogP contribution in [0, 0.1) is 6.92 Å². The monoisotopic (exact) mass is 447 g/mol. The van der Waals surface area contributed by atoms with E-state index in [9.17, 15) is 8.42 Å². The second-order valence-corrected chi connectivity index (χ2v) is 9.50. The lowest BCUT2D eigenvalue weighted by atomic mass is 10.1. The third-order valence-electron chi connectivity index (χ3n) is 5.12. The molecule has 2 heterocycles. The molecule has 0 radical (unpaired) electrons. The van der Waals surface area contributed by atoms with Gasteiger partial charge in [-0.05, 0) is 56.9 Å². The number of aryl methyl sites for hydroxylation is 1. The van der Waals surface area contributed by atoms with Crippen LogP contribution in [0.15, 0.2) is 35.2 Å². The first-order valence-corrected chi connectivity index (χ1v) is 12.5. The zero-order valence-corrected chi connectivity index (χ0v) is 19.2. The summed E-state index contributed by atoms with van der Waals surface area (Å²) < 4.78 is 33.2. The molecule has 0 spiro atoms. The number of anilines is 2. The van der Waals surface area contributed by atoms with Gasteiger partial charge in [0.05, 0.1) is 11.5 Å². The molecule has 0 amide bonds. The Hall–Kier alpha value is -2.39. The lowest BCUT2D eigenvalue weighted by molar-refractivity contribution is 0.309. The van der Waals surface area contributed by atoms with Crippen molar-refractivity contribution in [1.82, 2.24) is 14.7 Å². The van der Waals surface area contributed by atoms with Gasteiger partial charge in [-0.15, -0.1) is 0 Å². The van der Waals surface area contributed by atoms with E-state index in [1.165, 1.54) is 19.3 Å². The van der Waals surface area contributed by atoms with Crippen molar-refractivity contribution in [2.24, 2.45) is 0 Å². The molecule has 9 heteroatoms. The van der Waals surface area contributed by atoms with Crippen LogP contribution in [-0.2, 0) is 10.0 Å². The van der Waals surface area contributed by atoms with E-state index in [0.717, 1.165) is 37.4 Å². The average molecular weight is 448 g/mol. The summed E-state index contributed by atoms with van der Waals surface area (Å²) in [5.74, 6) is 2.13. The number of rotatable bonds is 11. The Morgan fingerprint density at radius 1 is 1.06 bits per heavy atom. The number of hydrogen-bond acceptors (Lipinski definition) is 7. The maximum atomic E-state index is 12.5. The Morgan fingerprint density at radius 3 is 2.52 bits per heavy atom. The lowest BCUT2D eigenvalue weighted by Gasteiger charge is -2.28. The molecule has 3 rings (SSSR count). The van der Waals surface area contributed by atoms with E-state index in [4.69, 9.17) is 4.74 Å². The van der Waals surface area contributed by atoms with Crippen LogP contribution in [0.5, 0.6) is 5.75 Å². The third kappa shape index (κ3) is 7.07. The van der Waals surface area contributed by atoms with Crippen LogP contribution in [0.2, 0.25) is 0 Å². The number of aromatic nitrogens is 2. The summed E-state index contributed by atoms with van der Waals surface area (Å²) in [6.07, 6.45) is 5.65. The molecular weight excluding hydrogens is 414 g/mol. The summed E-state index contributed by atoms with van der Waals surface area (Å²) in [7, 11) is -3.58. The third-order valence-corrected chi connectivity index (χ3v) is 6.60. The predicted molar refractivity (Wildman–Crippen MR) is 123 cm³/mol. The molecule has 1 saturated heterocycles. The van der Waals surface area contributed by atoms with Crippen molar-refractivity contribution in [3.8, 4) is 5.75 Å². The van der Waals surface area contributed by atoms with Crippen molar-refractivity contribution in [3.63, 3.8) is 0 Å². The van der Waals surface area contributed by atoms with Crippen molar-refractivity contribution >= 4 is 21.8 Å². The van der Waals surface area contributed by atoms with E-state index < -0.39 is 10.0 Å². The Bertz CT molecular complexity index is 929. The lowest BCUT2D eigenvalue weighted by Crippen LogP contribution is -2.31. The van der Waals surface area contributed by atoms with Crippen molar-refractivity contribution in [3.05, 3.63) is 36.0 Å². The molecule has 1 aromatic carbocycles. The zero-order valence-electron chi connectivity index (χ0n) is 18.4. The summed E-state index contributed by atoms with van der Waals surface area (Å²) in [5.41, 5.74) is 0.889. The SMILES string of the molecule is CCCCOc1ccc(S(=O)(=O)NCCNc2nc(C)cc(N3CCCCC3)n2)cc1. The Kier molecular flexibility index (Phi) is 8.48. The van der Waals surface area contributed by atoms with Crippen LogP contribution < -0.4 is 19.7 Å². The van der Waals surface area contributed by atoms with Crippen LogP contribution in [0.3, 0.4) is 0 Å². The molecule has 2 N–H and O–H groups in total. The smallest absolute Gasteiger partial charge is 0.240 e. The van der Waals surface area contributed by atoms with Crippen molar-refractivity contribution in [2.75, 3.05) is 43.0 Å². The molecule has 0 saturated carbocycles. The molecular formula is C22H33N5O3S. The second kappa shape index (κ2) is 11.3. The Balaban J connectivity index is 1.50. The van der Waals surface area contributed by atoms with Gasteiger partial charge in [-0.25, -0.2) is 18.1 Å². The molecule has 1 aliphatic rings. The van der Waals surface area contributed by atoms with Crippen molar-refractivity contribution in [2.45, 2.75) is 50.8 Å². The van der Waals surface area contributed by atoms with Gasteiger partial charge < -0.3 is 15.0 Å². The van der Waals surface area contributed by atoms with E-state index in [1.54, 1.807) is 24.3 Å². The summed E-state index contributed by atoms with van der Waals surface area (Å²) in [5, 5.41) is 3.13. The van der Waals surface area contributed by atoms with Gasteiger partial charge in [0.15, 0.2) is 0 Å². The fraction of sp³-hybridized carbons (Fsp3) is 0.545. The molecule has 31 heavy (non-hydrogen) atoms. The van der Waals surface area contributed by atoms with E-state index >= 15 is 0 Å². The fourth-order valence-corrected chi connectivity index (χ4v) is 4.44. The molecule has 1 aromatic heterocycles. The van der Waals surface area contributed by atoms with Crippen molar-refractivity contribution < 1.29 is 13.2 Å². The van der Waals surface area contributed by atoms with Gasteiger partial charge in [-0.1, -0.05) is 13.3 Å². The number of unbranched alkanes of at least 4 members (excludes halogenated alkanes) is 1. The van der Waals surface area contributed by atoms with Crippen LogP contribution in [-0.4, -0.2) is 51.2 Å². The molecule has 1 aliphatic heterocycles. The first kappa shape index (κ1) is 23.3. The number of nitrogens with one attached hydrogen (secondary N) is 2. The van der Waals surface area contributed by atoms with Crippen LogP contribution >= 0.6 is 0 Å². The number of nitrogens with zero attached hydrogens (tertiary/aromatic N) is 3. The molecule has 0 aliphatic carbocycles. The molecule has 0 atom stereocenters. The highest BCUT2D eigenvalue weighted by molar-refractivity contribution is 7.89. The minimum atomic E-state index is -3.58. The average Bonchev–Trinajstić information content (AvgIpc) is 2.78. The van der Waals surface area contributed by atoms with Gasteiger partial charge in [0, 0.05) is 37.9 Å². The van der Waals surface area contributed by atoms with Gasteiger partial charge in [0.25, 0.3) is 0 Å². The molecule has 2 aromatic rings. The highest BCUT2D eigenvalue weighted by atomic mass is 32.2. The first-order chi connectivity index (χ1) is 15.0. The molecule has 0 unspecified atom stereocenters. The topological polar surface area (TPSA) is 96.5 Å². The van der Waals surface area contributed by atoms with E-state index in [2.05, 4.69) is 31.8 Å². The standard InChI is InChI=1S/C22H33N5O3S/c1-3-4-16-30-19-8-10-20(11-9-19)31(28,29)24-13-12-23-22-25-18(2)17-21(26-22)27-14-6-5-7-15-27/h8-11,17,24H,3-7,12-16H2,1-2H3,(H,23,25,26). The number of piperidine rings is 1. The minimum Gasteiger partial charge on any atom is -0.494 e. The highest BCUT2D eigenvalue weighted by Crippen LogP contribution is 2.20. The Labute approximate surface area is 185 Å². The number of benzene rings is 1. The number of sulfonamides is 1. The molecule has 170 valence electrons.